The molecule has 0 aliphatic carbocycles. The van der Waals surface area contributed by atoms with Crippen LogP contribution in [0.2, 0.25) is 5.02 Å². The van der Waals surface area contributed by atoms with Gasteiger partial charge in [-0.15, -0.1) is 0 Å². The highest BCUT2D eigenvalue weighted by molar-refractivity contribution is 6.35. The molecule has 0 atom stereocenters. The first kappa shape index (κ1) is 10.4. The van der Waals surface area contributed by atoms with Gasteiger partial charge in [0.1, 0.15) is 0 Å². The lowest BCUT2D eigenvalue weighted by Crippen LogP contribution is -2.09. The van der Waals surface area contributed by atoms with E-state index in [9.17, 15) is 4.79 Å². The predicted molar refractivity (Wildman–Crippen MR) is 71.7 cm³/mol. The average Bonchev–Trinajstić information content (AvgIpc) is 2.36. The molecule has 3 rings (SSSR count). The molecule has 0 bridgehead atoms. The molecule has 2 nitrogen and oxygen atoms in total. The van der Waals surface area contributed by atoms with Gasteiger partial charge in [-0.25, -0.2) is 0 Å². The molecule has 0 saturated carbocycles. The fourth-order valence-electron chi connectivity index (χ4n) is 2.24. The summed E-state index contributed by atoms with van der Waals surface area (Å²) in [6.07, 6.45) is 0. The van der Waals surface area contributed by atoms with Gasteiger partial charge in [0.15, 0.2) is 5.43 Å². The van der Waals surface area contributed by atoms with Crippen LogP contribution in [-0.4, -0.2) is 4.57 Å². The number of nitrogens with zero attached hydrogens (tertiary/aromatic N) is 1. The van der Waals surface area contributed by atoms with Crippen molar-refractivity contribution < 1.29 is 0 Å². The topological polar surface area (TPSA) is 22.0 Å². The van der Waals surface area contributed by atoms with Crippen LogP contribution in [-0.2, 0) is 7.05 Å². The number of aromatic nitrogens is 1. The Hall–Kier alpha value is -1.80. The normalized spacial score (nSPS) is 11.2. The molecule has 0 aliphatic rings. The van der Waals surface area contributed by atoms with E-state index in [1.165, 1.54) is 0 Å². The Kier molecular flexibility index (Phi) is 2.20. The summed E-state index contributed by atoms with van der Waals surface area (Å²) in [5.41, 5.74) is 1.78. The molecule has 0 spiro atoms. The number of pyridine rings is 1. The lowest BCUT2D eigenvalue weighted by Gasteiger charge is -2.10. The highest BCUT2D eigenvalue weighted by Gasteiger charge is 2.10. The zero-order chi connectivity index (χ0) is 12.0. The summed E-state index contributed by atoms with van der Waals surface area (Å²) in [5.74, 6) is 0. The molecule has 0 aliphatic heterocycles. The quantitative estimate of drug-likeness (QED) is 0.555. The monoisotopic (exact) mass is 243 g/mol. The molecule has 0 unspecified atom stereocenters. The van der Waals surface area contributed by atoms with Gasteiger partial charge >= 0.3 is 0 Å². The molecule has 1 aromatic heterocycles. The van der Waals surface area contributed by atoms with E-state index in [0.717, 1.165) is 11.0 Å². The lowest BCUT2D eigenvalue weighted by atomic mass is 10.1. The smallest absolute Gasteiger partial charge is 0.198 e. The Morgan fingerprint density at radius 2 is 1.71 bits per heavy atom. The van der Waals surface area contributed by atoms with E-state index in [-0.39, 0.29) is 5.43 Å². The van der Waals surface area contributed by atoms with E-state index < -0.39 is 0 Å². The minimum absolute atomic E-state index is 0.000648. The van der Waals surface area contributed by atoms with Gasteiger partial charge in [-0.05, 0) is 24.3 Å². The number of aryl methyl sites for hydroxylation is 1. The van der Waals surface area contributed by atoms with E-state index in [2.05, 4.69) is 0 Å². The van der Waals surface area contributed by atoms with E-state index in [1.54, 1.807) is 6.07 Å². The lowest BCUT2D eigenvalue weighted by molar-refractivity contribution is 1.00. The van der Waals surface area contributed by atoms with E-state index in [0.29, 0.717) is 15.8 Å². The minimum atomic E-state index is -0.000648. The third-order valence-electron chi connectivity index (χ3n) is 3.09. The summed E-state index contributed by atoms with van der Waals surface area (Å²) in [4.78, 5) is 12.4. The zero-order valence-corrected chi connectivity index (χ0v) is 10.0. The van der Waals surface area contributed by atoms with Crippen LogP contribution in [0, 0.1) is 0 Å². The van der Waals surface area contributed by atoms with Crippen molar-refractivity contribution in [2.45, 2.75) is 0 Å². The van der Waals surface area contributed by atoms with Gasteiger partial charge in [0.25, 0.3) is 0 Å². The standard InChI is InChI=1S/C14H10ClNO/c1-16-11-7-3-2-5-9(11)14(17)13-10(15)6-4-8-12(13)16/h2-8H,1H3. The van der Waals surface area contributed by atoms with Crippen LogP contribution in [0.5, 0.6) is 0 Å². The first-order valence-corrected chi connectivity index (χ1v) is 5.74. The number of hydrogen-bond acceptors (Lipinski definition) is 1. The summed E-state index contributed by atoms with van der Waals surface area (Å²) < 4.78 is 2.00. The Bertz CT molecular complexity index is 789. The first-order valence-electron chi connectivity index (χ1n) is 5.36. The molecule has 3 heteroatoms. The Morgan fingerprint density at radius 1 is 1.00 bits per heavy atom. The Morgan fingerprint density at radius 3 is 2.53 bits per heavy atom. The van der Waals surface area contributed by atoms with Crippen molar-refractivity contribution in [2.24, 2.45) is 7.05 Å². The second kappa shape index (κ2) is 3.60. The maximum absolute atomic E-state index is 12.4. The van der Waals surface area contributed by atoms with Crippen LogP contribution >= 0.6 is 11.6 Å². The number of hydrogen-bond donors (Lipinski definition) is 0. The third-order valence-corrected chi connectivity index (χ3v) is 3.41. The van der Waals surface area contributed by atoms with Crippen LogP contribution in [0.25, 0.3) is 21.8 Å². The Balaban J connectivity index is 2.74. The van der Waals surface area contributed by atoms with Gasteiger partial charge in [0, 0.05) is 12.4 Å². The molecule has 17 heavy (non-hydrogen) atoms. The van der Waals surface area contributed by atoms with Crippen LogP contribution < -0.4 is 5.43 Å². The summed E-state index contributed by atoms with van der Waals surface area (Å²) in [7, 11) is 1.94. The molecule has 0 N–H and O–H groups in total. The van der Waals surface area contributed by atoms with Crippen molar-refractivity contribution in [2.75, 3.05) is 0 Å². The van der Waals surface area contributed by atoms with E-state index in [1.807, 2.05) is 48.0 Å². The van der Waals surface area contributed by atoms with Gasteiger partial charge in [0.05, 0.1) is 21.4 Å². The van der Waals surface area contributed by atoms with Crippen molar-refractivity contribution in [3.05, 3.63) is 57.7 Å². The SMILES string of the molecule is Cn1c2ccccc2c(=O)c2c(Cl)cccc21. The number of rotatable bonds is 0. The zero-order valence-electron chi connectivity index (χ0n) is 9.27. The number of fused-ring (bicyclic) bond motifs is 2. The predicted octanol–water partition coefficient (Wildman–Crippen LogP) is 3.35. The van der Waals surface area contributed by atoms with Crippen LogP contribution in [0.15, 0.2) is 47.3 Å². The third kappa shape index (κ3) is 1.38. The maximum atomic E-state index is 12.4. The molecule has 0 amide bonds. The highest BCUT2D eigenvalue weighted by atomic mass is 35.5. The van der Waals surface area contributed by atoms with Crippen LogP contribution in [0.4, 0.5) is 0 Å². The van der Waals surface area contributed by atoms with Gasteiger partial charge in [-0.2, -0.15) is 0 Å². The molecular formula is C14H10ClNO. The fraction of sp³-hybridized carbons (Fsp3) is 0.0714. The summed E-state index contributed by atoms with van der Waals surface area (Å²) in [6.45, 7) is 0. The van der Waals surface area contributed by atoms with E-state index in [4.69, 9.17) is 11.6 Å². The number of halogens is 1. The van der Waals surface area contributed by atoms with E-state index >= 15 is 0 Å². The maximum Gasteiger partial charge on any atom is 0.198 e. The van der Waals surface area contributed by atoms with Crippen LogP contribution in [0.3, 0.4) is 0 Å². The molecule has 0 radical (unpaired) electrons. The highest BCUT2D eigenvalue weighted by Crippen LogP contribution is 2.23. The fourth-order valence-corrected chi connectivity index (χ4v) is 2.49. The van der Waals surface area contributed by atoms with Gasteiger partial charge in [0.2, 0.25) is 0 Å². The molecule has 3 aromatic rings. The van der Waals surface area contributed by atoms with Crippen molar-refractivity contribution in [3.63, 3.8) is 0 Å². The molecule has 2 aromatic carbocycles. The van der Waals surface area contributed by atoms with Crippen molar-refractivity contribution >= 4 is 33.4 Å². The van der Waals surface area contributed by atoms with Gasteiger partial charge < -0.3 is 4.57 Å². The first-order chi connectivity index (χ1) is 8.20. The summed E-state index contributed by atoms with van der Waals surface area (Å²) in [6, 6.07) is 13.1. The summed E-state index contributed by atoms with van der Waals surface area (Å²) in [5, 5.41) is 1.81. The second-order valence-corrected chi connectivity index (χ2v) is 4.45. The molecule has 0 fully saturated rings. The molecule has 0 saturated heterocycles. The molecular weight excluding hydrogens is 234 g/mol. The molecule has 84 valence electrons. The van der Waals surface area contributed by atoms with Crippen molar-refractivity contribution in [3.8, 4) is 0 Å². The molecule has 1 heterocycles. The minimum Gasteiger partial charge on any atom is -0.343 e. The average molecular weight is 244 g/mol. The van der Waals surface area contributed by atoms with Crippen molar-refractivity contribution in [1.82, 2.24) is 4.57 Å². The second-order valence-electron chi connectivity index (χ2n) is 4.04. The largest absolute Gasteiger partial charge is 0.343 e. The van der Waals surface area contributed by atoms with Gasteiger partial charge in [-0.3, -0.25) is 4.79 Å². The van der Waals surface area contributed by atoms with Crippen molar-refractivity contribution in [1.29, 1.82) is 0 Å². The van der Waals surface area contributed by atoms with Gasteiger partial charge in [-0.1, -0.05) is 29.8 Å². The van der Waals surface area contributed by atoms with Crippen LogP contribution in [0.1, 0.15) is 0 Å². The number of para-hydroxylation sites is 1. The number of benzene rings is 2. The summed E-state index contributed by atoms with van der Waals surface area (Å²) >= 11 is 6.12. The Labute approximate surface area is 103 Å².